The van der Waals surface area contributed by atoms with E-state index in [0.717, 1.165) is 18.1 Å². The molecule has 21 heavy (non-hydrogen) atoms. The minimum absolute atomic E-state index is 0.150. The smallest absolute Gasteiger partial charge is 0.272 e. The van der Waals surface area contributed by atoms with Crippen LogP contribution in [0.25, 0.3) is 0 Å². The lowest BCUT2D eigenvalue weighted by molar-refractivity contribution is -0.116. The van der Waals surface area contributed by atoms with E-state index in [-0.39, 0.29) is 17.7 Å². The first-order chi connectivity index (χ1) is 10.1. The fraction of sp³-hybridized carbons (Fsp3) is 0.500. The van der Waals surface area contributed by atoms with E-state index in [1.807, 2.05) is 11.8 Å². The highest BCUT2D eigenvalue weighted by molar-refractivity contribution is 7.99. The number of carbonyl (C=O) groups excluding carboxylic acids is 1. The number of hydrogen-bond donors (Lipinski definition) is 2. The number of ether oxygens (including phenoxy) is 1. The second-order valence-corrected chi connectivity index (χ2v) is 5.83. The molecule has 0 aromatic heterocycles. The van der Waals surface area contributed by atoms with Crippen LogP contribution in [0.15, 0.2) is 24.3 Å². The molecular weight excluding hydrogens is 298 g/mol. The fourth-order valence-corrected chi connectivity index (χ4v) is 2.97. The molecule has 1 saturated heterocycles. The van der Waals surface area contributed by atoms with Crippen LogP contribution in [0.4, 0.5) is 14.5 Å². The van der Waals surface area contributed by atoms with E-state index in [9.17, 15) is 13.6 Å². The summed E-state index contributed by atoms with van der Waals surface area (Å²) in [6, 6.07) is 6.75. The first-order valence-electron chi connectivity index (χ1n) is 6.76. The van der Waals surface area contributed by atoms with Crippen molar-refractivity contribution in [3.8, 4) is 5.75 Å². The second-order valence-electron chi connectivity index (χ2n) is 4.68. The molecule has 1 aliphatic heterocycles. The highest BCUT2D eigenvalue weighted by atomic mass is 32.2. The van der Waals surface area contributed by atoms with E-state index in [4.69, 9.17) is 4.74 Å². The number of alkyl halides is 2. The second kappa shape index (κ2) is 8.19. The molecule has 2 rings (SSSR count). The number of para-hydroxylation sites is 2. The van der Waals surface area contributed by atoms with Gasteiger partial charge in [-0.15, -0.1) is 0 Å². The van der Waals surface area contributed by atoms with Crippen molar-refractivity contribution in [2.24, 2.45) is 0 Å². The molecule has 0 saturated carbocycles. The van der Waals surface area contributed by atoms with Gasteiger partial charge in [-0.3, -0.25) is 4.79 Å². The third kappa shape index (κ3) is 5.51. The number of halogens is 2. The first-order valence-corrected chi connectivity index (χ1v) is 7.91. The van der Waals surface area contributed by atoms with Crippen LogP contribution >= 0.6 is 11.8 Å². The van der Waals surface area contributed by atoms with Gasteiger partial charge in [-0.05, 0) is 12.1 Å². The van der Waals surface area contributed by atoms with Crippen LogP contribution in [0.3, 0.4) is 0 Å². The van der Waals surface area contributed by atoms with Gasteiger partial charge >= 0.3 is 0 Å². The Kier molecular flexibility index (Phi) is 6.25. The summed E-state index contributed by atoms with van der Waals surface area (Å²) in [4.78, 5) is 12.0. The van der Waals surface area contributed by atoms with Gasteiger partial charge in [0, 0.05) is 30.5 Å². The van der Waals surface area contributed by atoms with Gasteiger partial charge in [0.2, 0.25) is 5.91 Å². The number of amides is 1. The lowest BCUT2D eigenvalue weighted by atomic mass is 10.2. The van der Waals surface area contributed by atoms with Crippen molar-refractivity contribution >= 4 is 23.4 Å². The molecule has 1 aromatic rings. The molecule has 0 spiro atoms. The fourth-order valence-electron chi connectivity index (χ4n) is 2.02. The Bertz CT molecular complexity index is 468. The molecule has 1 aromatic carbocycles. The molecule has 7 heteroatoms. The van der Waals surface area contributed by atoms with Crippen LogP contribution in [-0.2, 0) is 4.79 Å². The summed E-state index contributed by atoms with van der Waals surface area (Å²) < 4.78 is 29.4. The van der Waals surface area contributed by atoms with Gasteiger partial charge in [-0.2, -0.15) is 11.8 Å². The maximum absolute atomic E-state index is 12.2. The zero-order valence-corrected chi connectivity index (χ0v) is 12.3. The number of hydrogen-bond acceptors (Lipinski definition) is 4. The van der Waals surface area contributed by atoms with Crippen molar-refractivity contribution in [3.05, 3.63) is 24.3 Å². The van der Waals surface area contributed by atoms with E-state index < -0.39 is 13.0 Å². The van der Waals surface area contributed by atoms with Crippen LogP contribution in [0.5, 0.6) is 5.75 Å². The maximum atomic E-state index is 12.2. The summed E-state index contributed by atoms with van der Waals surface area (Å²) in [5, 5.41) is 6.00. The van der Waals surface area contributed by atoms with E-state index in [1.165, 1.54) is 0 Å². The number of benzene rings is 1. The highest BCUT2D eigenvalue weighted by Gasteiger charge is 2.17. The molecule has 2 N–H and O–H groups in total. The Balaban J connectivity index is 1.90. The highest BCUT2D eigenvalue weighted by Crippen LogP contribution is 2.24. The first kappa shape index (κ1) is 16.0. The monoisotopic (exact) mass is 316 g/mol. The van der Waals surface area contributed by atoms with E-state index in [1.54, 1.807) is 24.3 Å². The molecular formula is C14H18F2N2O2S. The number of rotatable bonds is 6. The SMILES string of the molecule is O=C(CC1CSCCN1)Nc1ccccc1OCC(F)F. The maximum Gasteiger partial charge on any atom is 0.272 e. The quantitative estimate of drug-likeness (QED) is 0.846. The average molecular weight is 316 g/mol. The van der Waals surface area contributed by atoms with Gasteiger partial charge in [-0.1, -0.05) is 12.1 Å². The summed E-state index contributed by atoms with van der Waals surface area (Å²) in [7, 11) is 0. The Morgan fingerprint density at radius 1 is 1.48 bits per heavy atom. The van der Waals surface area contributed by atoms with Crippen molar-refractivity contribution in [2.45, 2.75) is 18.9 Å². The minimum atomic E-state index is -2.54. The lowest BCUT2D eigenvalue weighted by Crippen LogP contribution is -2.39. The Morgan fingerprint density at radius 3 is 3.00 bits per heavy atom. The van der Waals surface area contributed by atoms with Crippen LogP contribution in [-0.4, -0.2) is 43.0 Å². The predicted molar refractivity (Wildman–Crippen MR) is 80.3 cm³/mol. The van der Waals surface area contributed by atoms with Gasteiger partial charge in [0.15, 0.2) is 0 Å². The number of anilines is 1. The molecule has 0 radical (unpaired) electrons. The summed E-state index contributed by atoms with van der Waals surface area (Å²) in [5.41, 5.74) is 0.423. The van der Waals surface area contributed by atoms with Crippen molar-refractivity contribution in [1.29, 1.82) is 0 Å². The molecule has 4 nitrogen and oxygen atoms in total. The number of thioether (sulfide) groups is 1. The van der Waals surface area contributed by atoms with Gasteiger partial charge in [0.25, 0.3) is 6.43 Å². The summed E-state index contributed by atoms with van der Waals surface area (Å²) in [5.74, 6) is 2.07. The van der Waals surface area contributed by atoms with Gasteiger partial charge in [-0.25, -0.2) is 8.78 Å². The van der Waals surface area contributed by atoms with Crippen LogP contribution in [0.1, 0.15) is 6.42 Å². The number of carbonyl (C=O) groups is 1. The molecule has 1 atom stereocenters. The normalized spacial score (nSPS) is 18.5. The van der Waals surface area contributed by atoms with Crippen molar-refractivity contribution < 1.29 is 18.3 Å². The zero-order valence-electron chi connectivity index (χ0n) is 11.5. The zero-order chi connectivity index (χ0) is 15.1. The topological polar surface area (TPSA) is 50.4 Å². The summed E-state index contributed by atoms with van der Waals surface area (Å²) in [6.45, 7) is 0.213. The van der Waals surface area contributed by atoms with Gasteiger partial charge in [0.05, 0.1) is 5.69 Å². The molecule has 0 aliphatic carbocycles. The molecule has 1 heterocycles. The molecule has 0 bridgehead atoms. The predicted octanol–water partition coefficient (Wildman–Crippen LogP) is 2.36. The van der Waals surface area contributed by atoms with E-state index in [0.29, 0.717) is 12.1 Å². The Labute approximate surface area is 126 Å². The van der Waals surface area contributed by atoms with Crippen LogP contribution < -0.4 is 15.4 Å². The Morgan fingerprint density at radius 2 is 2.29 bits per heavy atom. The molecule has 1 fully saturated rings. The van der Waals surface area contributed by atoms with Crippen molar-refractivity contribution in [3.63, 3.8) is 0 Å². The molecule has 1 amide bonds. The standard InChI is InChI=1S/C14H18F2N2O2S/c15-13(16)8-20-12-4-2-1-3-11(12)18-14(19)7-10-9-21-6-5-17-10/h1-4,10,13,17H,5-9H2,(H,18,19). The summed E-state index contributed by atoms with van der Waals surface area (Å²) in [6.07, 6.45) is -2.19. The van der Waals surface area contributed by atoms with Crippen LogP contribution in [0, 0.1) is 0 Å². The largest absolute Gasteiger partial charge is 0.485 e. The van der Waals surface area contributed by atoms with Crippen LogP contribution in [0.2, 0.25) is 0 Å². The third-order valence-electron chi connectivity index (χ3n) is 2.96. The lowest BCUT2D eigenvalue weighted by Gasteiger charge is -2.22. The van der Waals surface area contributed by atoms with E-state index in [2.05, 4.69) is 10.6 Å². The summed E-state index contributed by atoms with van der Waals surface area (Å²) >= 11 is 1.82. The molecule has 116 valence electrons. The van der Waals surface area contributed by atoms with Crippen molar-refractivity contribution in [1.82, 2.24) is 5.32 Å². The third-order valence-corrected chi connectivity index (χ3v) is 4.09. The molecule has 1 unspecified atom stereocenters. The average Bonchev–Trinajstić information content (AvgIpc) is 2.47. The van der Waals surface area contributed by atoms with Gasteiger partial charge in [0.1, 0.15) is 12.4 Å². The van der Waals surface area contributed by atoms with E-state index >= 15 is 0 Å². The molecule has 1 aliphatic rings. The van der Waals surface area contributed by atoms with Crippen molar-refractivity contribution in [2.75, 3.05) is 30.0 Å². The Hall–Kier alpha value is -1.34. The minimum Gasteiger partial charge on any atom is -0.485 e. The number of nitrogens with one attached hydrogen (secondary N) is 2. The van der Waals surface area contributed by atoms with Gasteiger partial charge < -0.3 is 15.4 Å².